The van der Waals surface area contributed by atoms with Crippen molar-refractivity contribution in [2.75, 3.05) is 12.4 Å². The fourth-order valence-electron chi connectivity index (χ4n) is 2.22. The van der Waals surface area contributed by atoms with Crippen molar-refractivity contribution in [3.8, 4) is 0 Å². The predicted molar refractivity (Wildman–Crippen MR) is 99.4 cm³/mol. The largest absolute Gasteiger partial charge is 0.341 e. The van der Waals surface area contributed by atoms with Crippen LogP contribution in [0.2, 0.25) is 0 Å². The third-order valence-corrected chi connectivity index (χ3v) is 5.15. The van der Waals surface area contributed by atoms with E-state index < -0.39 is 22.0 Å². The van der Waals surface area contributed by atoms with Gasteiger partial charge in [0.2, 0.25) is 15.9 Å². The number of benzene rings is 2. The van der Waals surface area contributed by atoms with E-state index in [-0.39, 0.29) is 10.8 Å². The van der Waals surface area contributed by atoms with Crippen molar-refractivity contribution in [2.24, 2.45) is 0 Å². The maximum Gasteiger partial charge on any atom is 0.251 e. The normalized spacial score (nSPS) is 12.3. The van der Waals surface area contributed by atoms with E-state index in [9.17, 15) is 18.0 Å². The van der Waals surface area contributed by atoms with Gasteiger partial charge in [-0.15, -0.1) is 0 Å². The van der Waals surface area contributed by atoms with Gasteiger partial charge in [-0.25, -0.2) is 13.1 Å². The molecule has 1 atom stereocenters. The molecule has 26 heavy (non-hydrogen) atoms. The Hall–Kier alpha value is -2.71. The van der Waals surface area contributed by atoms with E-state index in [0.29, 0.717) is 11.3 Å². The minimum Gasteiger partial charge on any atom is -0.341 e. The van der Waals surface area contributed by atoms with Gasteiger partial charge in [-0.05, 0) is 57.3 Å². The molecule has 8 heteroatoms. The Morgan fingerprint density at radius 1 is 1.04 bits per heavy atom. The number of amides is 2. The van der Waals surface area contributed by atoms with Gasteiger partial charge < -0.3 is 10.6 Å². The lowest BCUT2D eigenvalue weighted by molar-refractivity contribution is -0.117. The maximum absolute atomic E-state index is 12.2. The molecule has 3 N–H and O–H groups in total. The van der Waals surface area contributed by atoms with Gasteiger partial charge in [0.15, 0.2) is 0 Å². The van der Waals surface area contributed by atoms with E-state index in [1.54, 1.807) is 25.1 Å². The second kappa shape index (κ2) is 8.11. The highest BCUT2D eigenvalue weighted by atomic mass is 32.2. The zero-order valence-corrected chi connectivity index (χ0v) is 15.6. The Bertz CT molecular complexity index is 908. The molecule has 138 valence electrons. The predicted octanol–water partition coefficient (Wildman–Crippen LogP) is 1.66. The quantitative estimate of drug-likeness (QED) is 0.714. The van der Waals surface area contributed by atoms with Gasteiger partial charge in [-0.2, -0.15) is 0 Å². The summed E-state index contributed by atoms with van der Waals surface area (Å²) >= 11 is 0. The highest BCUT2D eigenvalue weighted by Gasteiger charge is 2.17. The maximum atomic E-state index is 12.2. The number of rotatable bonds is 6. The number of sulfonamides is 1. The zero-order valence-electron chi connectivity index (χ0n) is 14.7. The summed E-state index contributed by atoms with van der Waals surface area (Å²) < 4.78 is 25.6. The molecule has 2 rings (SSSR count). The fourth-order valence-corrected chi connectivity index (χ4v) is 2.95. The summed E-state index contributed by atoms with van der Waals surface area (Å²) in [5.41, 5.74) is 1.86. The molecule has 2 aromatic rings. The highest BCUT2D eigenvalue weighted by Crippen LogP contribution is 2.14. The monoisotopic (exact) mass is 375 g/mol. The minimum atomic E-state index is -3.53. The molecular formula is C18H21N3O4S. The van der Waals surface area contributed by atoms with Crippen molar-refractivity contribution in [3.05, 3.63) is 59.7 Å². The van der Waals surface area contributed by atoms with E-state index >= 15 is 0 Å². The standard InChI is InChI=1S/C18H21N3O4S/c1-12-5-4-6-14(11-12)18(23)20-13(2)17(22)21-15-7-9-16(10-8-15)26(24,25)19-3/h4-11,13,19H,1-3H3,(H,20,23)(H,21,22)/t13-/m0/s1. The first-order valence-electron chi connectivity index (χ1n) is 7.95. The zero-order chi connectivity index (χ0) is 19.3. The van der Waals surface area contributed by atoms with Crippen LogP contribution in [0, 0.1) is 6.92 Å². The number of nitrogens with one attached hydrogen (secondary N) is 3. The van der Waals surface area contributed by atoms with Crippen LogP contribution in [-0.2, 0) is 14.8 Å². The van der Waals surface area contributed by atoms with E-state index in [1.807, 2.05) is 13.0 Å². The first kappa shape index (κ1) is 19.6. The molecule has 0 unspecified atom stereocenters. The van der Waals surface area contributed by atoms with Crippen LogP contribution in [0.25, 0.3) is 0 Å². The van der Waals surface area contributed by atoms with Crippen molar-refractivity contribution in [1.82, 2.24) is 10.0 Å². The lowest BCUT2D eigenvalue weighted by atomic mass is 10.1. The summed E-state index contributed by atoms with van der Waals surface area (Å²) in [5.74, 6) is -0.748. The summed E-state index contributed by atoms with van der Waals surface area (Å²) in [7, 11) is -2.21. The average molecular weight is 375 g/mol. The Morgan fingerprint density at radius 3 is 2.27 bits per heavy atom. The molecule has 0 aliphatic heterocycles. The lowest BCUT2D eigenvalue weighted by Crippen LogP contribution is -2.41. The number of carbonyl (C=O) groups is 2. The van der Waals surface area contributed by atoms with Crippen LogP contribution >= 0.6 is 0 Å². The number of aryl methyl sites for hydroxylation is 1. The van der Waals surface area contributed by atoms with Crippen molar-refractivity contribution >= 4 is 27.5 Å². The fraction of sp³-hybridized carbons (Fsp3) is 0.222. The van der Waals surface area contributed by atoms with Crippen LogP contribution in [0.3, 0.4) is 0 Å². The summed E-state index contributed by atoms with van der Waals surface area (Å²) in [6, 6.07) is 12.0. The molecule has 0 radical (unpaired) electrons. The molecule has 2 aromatic carbocycles. The minimum absolute atomic E-state index is 0.0961. The van der Waals surface area contributed by atoms with Crippen molar-refractivity contribution < 1.29 is 18.0 Å². The summed E-state index contributed by atoms with van der Waals surface area (Å²) in [5, 5.41) is 5.27. The molecule has 0 bridgehead atoms. The molecule has 0 spiro atoms. The molecular weight excluding hydrogens is 354 g/mol. The van der Waals surface area contributed by atoms with Crippen molar-refractivity contribution in [2.45, 2.75) is 24.8 Å². The number of hydrogen-bond acceptors (Lipinski definition) is 4. The number of anilines is 1. The molecule has 0 fully saturated rings. The first-order valence-corrected chi connectivity index (χ1v) is 9.43. The number of carbonyl (C=O) groups excluding carboxylic acids is 2. The van der Waals surface area contributed by atoms with Crippen LogP contribution < -0.4 is 15.4 Å². The Kier molecular flexibility index (Phi) is 6.12. The average Bonchev–Trinajstić information content (AvgIpc) is 2.62. The Labute approximate surface area is 152 Å². The van der Waals surface area contributed by atoms with E-state index in [2.05, 4.69) is 15.4 Å². The SMILES string of the molecule is CNS(=O)(=O)c1ccc(NC(=O)[C@H](C)NC(=O)c2cccc(C)c2)cc1. The van der Waals surface area contributed by atoms with Gasteiger partial charge in [0.05, 0.1) is 4.90 Å². The second-order valence-corrected chi connectivity index (χ2v) is 7.67. The van der Waals surface area contributed by atoms with E-state index in [4.69, 9.17) is 0 Å². The molecule has 0 aliphatic carbocycles. The second-order valence-electron chi connectivity index (χ2n) is 5.79. The Balaban J connectivity index is 1.99. The van der Waals surface area contributed by atoms with Crippen molar-refractivity contribution in [3.63, 3.8) is 0 Å². The van der Waals surface area contributed by atoms with Crippen LogP contribution in [-0.4, -0.2) is 33.3 Å². The molecule has 0 saturated carbocycles. The smallest absolute Gasteiger partial charge is 0.251 e. The first-order chi connectivity index (χ1) is 12.2. The summed E-state index contributed by atoms with van der Waals surface area (Å²) in [6.07, 6.45) is 0. The molecule has 0 aromatic heterocycles. The van der Waals surface area contributed by atoms with Gasteiger partial charge >= 0.3 is 0 Å². The van der Waals surface area contributed by atoms with E-state index in [0.717, 1.165) is 5.56 Å². The van der Waals surface area contributed by atoms with Gasteiger partial charge in [0.25, 0.3) is 5.91 Å². The van der Waals surface area contributed by atoms with Crippen LogP contribution in [0.4, 0.5) is 5.69 Å². The summed E-state index contributed by atoms with van der Waals surface area (Å²) in [4.78, 5) is 24.5. The molecule has 0 saturated heterocycles. The molecule has 0 heterocycles. The van der Waals surface area contributed by atoms with Gasteiger partial charge in [0, 0.05) is 11.3 Å². The van der Waals surface area contributed by atoms with Gasteiger partial charge in [-0.1, -0.05) is 17.7 Å². The Morgan fingerprint density at radius 2 is 1.69 bits per heavy atom. The van der Waals surface area contributed by atoms with Gasteiger partial charge in [0.1, 0.15) is 6.04 Å². The highest BCUT2D eigenvalue weighted by molar-refractivity contribution is 7.89. The third-order valence-electron chi connectivity index (χ3n) is 3.72. The summed E-state index contributed by atoms with van der Waals surface area (Å²) in [6.45, 7) is 3.45. The topological polar surface area (TPSA) is 104 Å². The molecule has 2 amide bonds. The van der Waals surface area contributed by atoms with E-state index in [1.165, 1.54) is 31.3 Å². The lowest BCUT2D eigenvalue weighted by Gasteiger charge is -2.14. The van der Waals surface area contributed by atoms with Crippen LogP contribution in [0.1, 0.15) is 22.8 Å². The number of hydrogen-bond donors (Lipinski definition) is 3. The molecule has 7 nitrogen and oxygen atoms in total. The molecule has 0 aliphatic rings. The van der Waals surface area contributed by atoms with Gasteiger partial charge in [-0.3, -0.25) is 9.59 Å². The van der Waals surface area contributed by atoms with Crippen LogP contribution in [0.15, 0.2) is 53.4 Å². The third kappa shape index (κ3) is 4.90. The van der Waals surface area contributed by atoms with Crippen LogP contribution in [0.5, 0.6) is 0 Å². The van der Waals surface area contributed by atoms with Crippen molar-refractivity contribution in [1.29, 1.82) is 0 Å².